The Balaban J connectivity index is 1.92. The second kappa shape index (κ2) is 12.2. The molecule has 200 valence electrons. The lowest BCUT2D eigenvalue weighted by Crippen LogP contribution is -2.39. The largest absolute Gasteiger partial charge is 0.493 e. The predicted molar refractivity (Wildman–Crippen MR) is 150 cm³/mol. The fourth-order valence-electron chi connectivity index (χ4n) is 4.50. The molecule has 8 nitrogen and oxygen atoms in total. The number of methoxy groups -OCH3 is 2. The highest BCUT2D eigenvalue weighted by molar-refractivity contribution is 8.16. The Morgan fingerprint density at radius 2 is 1.84 bits per heavy atom. The number of nitrogens with zero attached hydrogens (tertiary/aromatic N) is 2. The lowest BCUT2D eigenvalue weighted by atomic mass is 9.90. The first-order chi connectivity index (χ1) is 18.4. The van der Waals surface area contributed by atoms with Crippen molar-refractivity contribution >= 4 is 34.5 Å². The van der Waals surface area contributed by atoms with Gasteiger partial charge in [0.05, 0.1) is 44.6 Å². The van der Waals surface area contributed by atoms with Crippen molar-refractivity contribution in [3.8, 4) is 11.5 Å². The van der Waals surface area contributed by atoms with E-state index in [4.69, 9.17) is 19.2 Å². The highest BCUT2D eigenvalue weighted by Crippen LogP contribution is 2.50. The van der Waals surface area contributed by atoms with Gasteiger partial charge >= 0.3 is 5.97 Å². The van der Waals surface area contributed by atoms with Gasteiger partial charge in [-0.1, -0.05) is 61.2 Å². The molecule has 2 aliphatic rings. The summed E-state index contributed by atoms with van der Waals surface area (Å²) in [5.74, 6) is 0.449. The van der Waals surface area contributed by atoms with E-state index in [0.717, 1.165) is 17.7 Å². The van der Waals surface area contributed by atoms with E-state index in [1.54, 1.807) is 27.2 Å². The summed E-state index contributed by atoms with van der Waals surface area (Å²) in [4.78, 5) is 33.5. The molecule has 4 rings (SSSR count). The molecule has 2 atom stereocenters. The number of benzene rings is 2. The standard InChI is InChI=1S/C29H33N3O5S/c1-6-18(3)30-23(33)16-20-17-38-29-31-25(19-12-9-8-10-13-19)24(28(34)37-7-2)26(32(20)29)21-14-11-15-22(35-4)27(21)36-5/h8-15,17-18,26H,6-7,16H2,1-5H3,(H,30,33)/t18-,26+/m1/s1. The molecular formula is C29H33N3O5S. The van der Waals surface area contributed by atoms with Gasteiger partial charge in [0.25, 0.3) is 0 Å². The third-order valence-corrected chi connectivity index (χ3v) is 7.33. The number of carbonyl (C=O) groups is 2. The number of carbonyl (C=O) groups excluding carboxylic acids is 2. The smallest absolute Gasteiger partial charge is 0.338 e. The summed E-state index contributed by atoms with van der Waals surface area (Å²) in [6.07, 6.45) is 0.964. The molecule has 2 aromatic rings. The number of hydrogen-bond acceptors (Lipinski definition) is 8. The molecule has 0 aromatic heterocycles. The van der Waals surface area contributed by atoms with Crippen LogP contribution in [0.2, 0.25) is 0 Å². The number of thioether (sulfide) groups is 1. The molecule has 0 saturated carbocycles. The summed E-state index contributed by atoms with van der Waals surface area (Å²) in [5.41, 5.74) is 3.11. The van der Waals surface area contributed by atoms with Crippen LogP contribution < -0.4 is 14.8 Å². The van der Waals surface area contributed by atoms with E-state index >= 15 is 0 Å². The minimum Gasteiger partial charge on any atom is -0.493 e. The number of esters is 1. The Labute approximate surface area is 227 Å². The van der Waals surface area contributed by atoms with Crippen LogP contribution in [0.4, 0.5) is 0 Å². The summed E-state index contributed by atoms with van der Waals surface area (Å²) in [6.45, 7) is 5.98. The van der Waals surface area contributed by atoms with Crippen molar-refractivity contribution in [3.63, 3.8) is 0 Å². The molecule has 0 aliphatic carbocycles. The molecular weight excluding hydrogens is 502 g/mol. The van der Waals surface area contributed by atoms with E-state index in [1.807, 2.05) is 66.6 Å². The van der Waals surface area contributed by atoms with E-state index in [0.29, 0.717) is 33.5 Å². The van der Waals surface area contributed by atoms with Gasteiger partial charge in [0, 0.05) is 22.9 Å². The van der Waals surface area contributed by atoms with Gasteiger partial charge in [-0.3, -0.25) is 4.79 Å². The lowest BCUT2D eigenvalue weighted by Gasteiger charge is -2.37. The van der Waals surface area contributed by atoms with Gasteiger partial charge in [-0.2, -0.15) is 0 Å². The van der Waals surface area contributed by atoms with Crippen LogP contribution in [0, 0.1) is 0 Å². The number of nitrogens with one attached hydrogen (secondary N) is 1. The molecule has 0 saturated heterocycles. The fraction of sp³-hybridized carbons (Fsp3) is 0.345. The highest BCUT2D eigenvalue weighted by Gasteiger charge is 2.43. The molecule has 38 heavy (non-hydrogen) atoms. The van der Waals surface area contributed by atoms with Gasteiger partial charge in [-0.25, -0.2) is 9.79 Å². The number of aliphatic imine (C=N–C) groups is 1. The van der Waals surface area contributed by atoms with Crippen LogP contribution in [0.5, 0.6) is 11.5 Å². The van der Waals surface area contributed by atoms with Crippen LogP contribution in [0.1, 0.15) is 50.8 Å². The first kappa shape index (κ1) is 27.3. The number of amides is 1. The Hall–Kier alpha value is -3.72. The maximum absolute atomic E-state index is 13.7. The first-order valence-corrected chi connectivity index (χ1v) is 13.5. The summed E-state index contributed by atoms with van der Waals surface area (Å²) in [7, 11) is 3.14. The van der Waals surface area contributed by atoms with Gasteiger partial charge in [0.2, 0.25) is 5.91 Å². The molecule has 1 amide bonds. The SMILES string of the molecule is CCOC(=O)C1=C(c2ccccc2)N=C2SC=C(CC(=O)N[C@H](C)CC)N2[C@H]1c1cccc(OC)c1OC. The van der Waals surface area contributed by atoms with E-state index in [-0.39, 0.29) is 25.0 Å². The zero-order valence-electron chi connectivity index (χ0n) is 22.3. The monoisotopic (exact) mass is 535 g/mol. The van der Waals surface area contributed by atoms with Crippen LogP contribution >= 0.6 is 11.8 Å². The van der Waals surface area contributed by atoms with E-state index in [2.05, 4.69) is 5.32 Å². The number of fused-ring (bicyclic) bond motifs is 1. The molecule has 0 unspecified atom stereocenters. The average Bonchev–Trinajstić information content (AvgIpc) is 3.33. The average molecular weight is 536 g/mol. The second-order valence-electron chi connectivity index (χ2n) is 8.88. The van der Waals surface area contributed by atoms with E-state index < -0.39 is 12.0 Å². The third kappa shape index (κ3) is 5.43. The highest BCUT2D eigenvalue weighted by atomic mass is 32.2. The van der Waals surface area contributed by atoms with Crippen molar-refractivity contribution < 1.29 is 23.8 Å². The minimum absolute atomic E-state index is 0.0561. The molecule has 1 N–H and O–H groups in total. The van der Waals surface area contributed by atoms with Gasteiger partial charge in [-0.05, 0) is 31.7 Å². The zero-order chi connectivity index (χ0) is 27.2. The molecule has 0 fully saturated rings. The maximum Gasteiger partial charge on any atom is 0.338 e. The number of para-hydroxylation sites is 1. The molecule has 2 aliphatic heterocycles. The van der Waals surface area contributed by atoms with Crippen LogP contribution in [0.15, 0.2) is 70.2 Å². The Kier molecular flexibility index (Phi) is 8.78. The van der Waals surface area contributed by atoms with E-state index in [9.17, 15) is 9.59 Å². The molecule has 0 spiro atoms. The molecule has 9 heteroatoms. The first-order valence-electron chi connectivity index (χ1n) is 12.6. The van der Waals surface area contributed by atoms with Crippen molar-refractivity contribution in [1.29, 1.82) is 0 Å². The van der Waals surface area contributed by atoms with Gasteiger partial charge in [0.15, 0.2) is 16.7 Å². The third-order valence-electron chi connectivity index (χ3n) is 6.44. The Morgan fingerprint density at radius 3 is 2.50 bits per heavy atom. The Morgan fingerprint density at radius 1 is 1.08 bits per heavy atom. The number of rotatable bonds is 10. The summed E-state index contributed by atoms with van der Waals surface area (Å²) in [6, 6.07) is 14.5. The quantitative estimate of drug-likeness (QED) is 0.414. The predicted octanol–water partition coefficient (Wildman–Crippen LogP) is 5.28. The zero-order valence-corrected chi connectivity index (χ0v) is 23.1. The molecule has 0 radical (unpaired) electrons. The van der Waals surface area contributed by atoms with Crippen LogP contribution in [0.25, 0.3) is 5.70 Å². The van der Waals surface area contributed by atoms with Gasteiger partial charge < -0.3 is 24.4 Å². The second-order valence-corrected chi connectivity index (χ2v) is 9.72. The van der Waals surface area contributed by atoms with Crippen molar-refractivity contribution in [2.75, 3.05) is 20.8 Å². The molecule has 2 heterocycles. The number of hydrogen-bond donors (Lipinski definition) is 1. The minimum atomic E-state index is -0.667. The normalized spacial score (nSPS) is 17.3. The summed E-state index contributed by atoms with van der Waals surface area (Å²) >= 11 is 1.42. The number of ether oxygens (including phenoxy) is 3. The van der Waals surface area contributed by atoms with Crippen molar-refractivity contribution in [1.82, 2.24) is 10.2 Å². The van der Waals surface area contributed by atoms with Crippen molar-refractivity contribution in [2.24, 2.45) is 4.99 Å². The van der Waals surface area contributed by atoms with Gasteiger partial charge in [0.1, 0.15) is 0 Å². The Bertz CT molecular complexity index is 1290. The maximum atomic E-state index is 13.7. The number of amidine groups is 1. The molecule has 0 bridgehead atoms. The summed E-state index contributed by atoms with van der Waals surface area (Å²) < 4.78 is 17.0. The van der Waals surface area contributed by atoms with Crippen molar-refractivity contribution in [3.05, 3.63) is 76.3 Å². The molecule has 2 aromatic carbocycles. The summed E-state index contributed by atoms with van der Waals surface area (Å²) in [5, 5.41) is 5.62. The van der Waals surface area contributed by atoms with Crippen LogP contribution in [0.3, 0.4) is 0 Å². The fourth-order valence-corrected chi connectivity index (χ4v) is 5.42. The van der Waals surface area contributed by atoms with Gasteiger partial charge in [-0.15, -0.1) is 0 Å². The van der Waals surface area contributed by atoms with Crippen LogP contribution in [-0.2, 0) is 14.3 Å². The van der Waals surface area contributed by atoms with Crippen molar-refractivity contribution in [2.45, 2.75) is 45.7 Å². The van der Waals surface area contributed by atoms with Crippen LogP contribution in [-0.4, -0.2) is 48.8 Å². The topological polar surface area (TPSA) is 89.5 Å². The lowest BCUT2D eigenvalue weighted by molar-refractivity contribution is -0.139. The van der Waals surface area contributed by atoms with E-state index in [1.165, 1.54) is 11.8 Å².